The maximum atomic E-state index is 12.0. The molecule has 3 heteroatoms. The van der Waals surface area contributed by atoms with Gasteiger partial charge in [-0.25, -0.2) is 0 Å². The summed E-state index contributed by atoms with van der Waals surface area (Å²) >= 11 is 11.8. The first-order valence-corrected chi connectivity index (χ1v) is 7.88. The topological polar surface area (TPSA) is 17.1 Å². The fourth-order valence-corrected chi connectivity index (χ4v) is 2.63. The Labute approximate surface area is 126 Å². The minimum atomic E-state index is 0.137. The summed E-state index contributed by atoms with van der Waals surface area (Å²) in [5.74, 6) is 0.137. The molecular weight excluding hydrogens is 279 g/mol. The van der Waals surface area contributed by atoms with Gasteiger partial charge >= 0.3 is 0 Å². The van der Waals surface area contributed by atoms with Crippen LogP contribution >= 0.6 is 23.2 Å². The van der Waals surface area contributed by atoms with E-state index < -0.39 is 0 Å². The highest BCUT2D eigenvalue weighted by atomic mass is 35.5. The van der Waals surface area contributed by atoms with Crippen LogP contribution < -0.4 is 0 Å². The lowest BCUT2D eigenvalue weighted by molar-refractivity contribution is 0.0979. The minimum Gasteiger partial charge on any atom is -0.294 e. The van der Waals surface area contributed by atoms with E-state index in [1.165, 1.54) is 32.1 Å². The van der Waals surface area contributed by atoms with Gasteiger partial charge in [0.1, 0.15) is 0 Å². The molecule has 0 N–H and O–H groups in total. The van der Waals surface area contributed by atoms with Gasteiger partial charge in [0.15, 0.2) is 5.78 Å². The van der Waals surface area contributed by atoms with E-state index in [0.717, 1.165) is 12.8 Å². The molecule has 0 aliphatic carbocycles. The second kappa shape index (κ2) is 9.39. The van der Waals surface area contributed by atoms with Crippen molar-refractivity contribution in [2.24, 2.45) is 0 Å². The summed E-state index contributed by atoms with van der Waals surface area (Å²) in [5.41, 5.74) is 0.628. The van der Waals surface area contributed by atoms with Crippen molar-refractivity contribution in [3.05, 3.63) is 33.8 Å². The maximum Gasteiger partial charge on any atom is 0.162 e. The molecule has 0 aromatic heterocycles. The first kappa shape index (κ1) is 16.5. The number of halogens is 2. The highest BCUT2D eigenvalue weighted by Gasteiger charge is 2.07. The molecule has 0 heterocycles. The lowest BCUT2D eigenvalue weighted by Crippen LogP contribution is -1.99. The Morgan fingerprint density at radius 2 is 1.42 bits per heavy atom. The summed E-state index contributed by atoms with van der Waals surface area (Å²) in [7, 11) is 0. The first-order valence-electron chi connectivity index (χ1n) is 7.12. The van der Waals surface area contributed by atoms with E-state index in [4.69, 9.17) is 23.2 Å². The summed E-state index contributed by atoms with van der Waals surface area (Å²) in [5, 5.41) is 1.05. The second-order valence-corrected chi connectivity index (χ2v) is 5.83. The number of benzene rings is 1. The zero-order chi connectivity index (χ0) is 14.1. The normalized spacial score (nSPS) is 10.7. The summed E-state index contributed by atoms with van der Waals surface area (Å²) in [6, 6.07) is 5.03. The lowest BCUT2D eigenvalue weighted by atomic mass is 10.0. The number of carbonyl (C=O) groups is 1. The highest BCUT2D eigenvalue weighted by molar-refractivity contribution is 6.35. The van der Waals surface area contributed by atoms with Crippen molar-refractivity contribution in [2.45, 2.75) is 58.3 Å². The van der Waals surface area contributed by atoms with Crippen LogP contribution in [0.2, 0.25) is 10.0 Å². The van der Waals surface area contributed by atoms with Crippen LogP contribution in [0.3, 0.4) is 0 Å². The van der Waals surface area contributed by atoms with Gasteiger partial charge in [0.05, 0.1) is 0 Å². The number of unbranched alkanes of at least 4 members (excludes halogenated alkanes) is 6. The molecule has 0 atom stereocenters. The molecule has 0 bridgehead atoms. The van der Waals surface area contributed by atoms with Crippen LogP contribution in [0.5, 0.6) is 0 Å². The minimum absolute atomic E-state index is 0.137. The summed E-state index contributed by atoms with van der Waals surface area (Å²) in [6.45, 7) is 2.22. The fourth-order valence-electron chi connectivity index (χ4n) is 2.10. The second-order valence-electron chi connectivity index (χ2n) is 4.95. The largest absolute Gasteiger partial charge is 0.294 e. The van der Waals surface area contributed by atoms with Gasteiger partial charge in [0, 0.05) is 22.0 Å². The summed E-state index contributed by atoms with van der Waals surface area (Å²) in [4.78, 5) is 12.0. The van der Waals surface area contributed by atoms with Gasteiger partial charge in [-0.05, 0) is 24.6 Å². The molecule has 19 heavy (non-hydrogen) atoms. The molecule has 1 aromatic carbocycles. The Kier molecular flexibility index (Phi) is 8.16. The Morgan fingerprint density at radius 3 is 2.00 bits per heavy atom. The molecule has 0 aliphatic heterocycles. The molecule has 0 spiro atoms. The van der Waals surface area contributed by atoms with Crippen LogP contribution in [-0.2, 0) is 0 Å². The molecule has 0 fully saturated rings. The SMILES string of the molecule is CCCCCCCCCC(=O)c1cc(Cl)cc(Cl)c1. The third kappa shape index (κ3) is 6.98. The Balaban J connectivity index is 2.24. The van der Waals surface area contributed by atoms with E-state index in [1.807, 2.05) is 0 Å². The average Bonchev–Trinajstić information content (AvgIpc) is 2.36. The van der Waals surface area contributed by atoms with E-state index in [0.29, 0.717) is 22.0 Å². The molecule has 0 unspecified atom stereocenters. The quantitative estimate of drug-likeness (QED) is 0.385. The van der Waals surface area contributed by atoms with Crippen LogP contribution in [0.15, 0.2) is 18.2 Å². The van der Waals surface area contributed by atoms with Gasteiger partial charge in [0.2, 0.25) is 0 Å². The molecular formula is C16H22Cl2O. The first-order chi connectivity index (χ1) is 9.13. The van der Waals surface area contributed by atoms with Crippen molar-refractivity contribution in [2.75, 3.05) is 0 Å². The van der Waals surface area contributed by atoms with E-state index in [9.17, 15) is 4.79 Å². The molecule has 0 radical (unpaired) electrons. The lowest BCUT2D eigenvalue weighted by Gasteiger charge is -2.03. The zero-order valence-corrected chi connectivity index (χ0v) is 13.1. The Morgan fingerprint density at radius 1 is 0.895 bits per heavy atom. The van der Waals surface area contributed by atoms with Gasteiger partial charge in [-0.1, -0.05) is 68.7 Å². The van der Waals surface area contributed by atoms with Gasteiger partial charge in [0.25, 0.3) is 0 Å². The number of Topliss-reactive ketones (excluding diaryl/α,β-unsaturated/α-hetero) is 1. The van der Waals surface area contributed by atoms with Crippen LogP contribution in [0.25, 0.3) is 0 Å². The number of ketones is 1. The fraction of sp³-hybridized carbons (Fsp3) is 0.562. The van der Waals surface area contributed by atoms with Crippen molar-refractivity contribution in [3.8, 4) is 0 Å². The predicted molar refractivity (Wildman–Crippen MR) is 83.4 cm³/mol. The number of hydrogen-bond acceptors (Lipinski definition) is 1. The molecule has 0 saturated carbocycles. The highest BCUT2D eigenvalue weighted by Crippen LogP contribution is 2.20. The van der Waals surface area contributed by atoms with Crippen molar-refractivity contribution in [3.63, 3.8) is 0 Å². The standard InChI is InChI=1S/C16H22Cl2O/c1-2-3-4-5-6-7-8-9-16(19)13-10-14(17)12-15(18)11-13/h10-12H,2-9H2,1H3. The third-order valence-electron chi connectivity index (χ3n) is 3.19. The monoisotopic (exact) mass is 300 g/mol. The van der Waals surface area contributed by atoms with Crippen LogP contribution in [0.4, 0.5) is 0 Å². The van der Waals surface area contributed by atoms with Crippen LogP contribution in [0.1, 0.15) is 68.6 Å². The molecule has 0 aliphatic rings. The van der Waals surface area contributed by atoms with Crippen molar-refractivity contribution in [1.29, 1.82) is 0 Å². The molecule has 106 valence electrons. The van der Waals surface area contributed by atoms with Gasteiger partial charge in [-0.3, -0.25) is 4.79 Å². The van der Waals surface area contributed by atoms with Crippen molar-refractivity contribution in [1.82, 2.24) is 0 Å². The van der Waals surface area contributed by atoms with E-state index in [1.54, 1.807) is 18.2 Å². The third-order valence-corrected chi connectivity index (χ3v) is 3.63. The zero-order valence-electron chi connectivity index (χ0n) is 11.6. The molecule has 0 saturated heterocycles. The van der Waals surface area contributed by atoms with E-state index in [-0.39, 0.29) is 5.78 Å². The van der Waals surface area contributed by atoms with Gasteiger partial charge in [-0.2, -0.15) is 0 Å². The summed E-state index contributed by atoms with van der Waals surface area (Å²) in [6.07, 6.45) is 9.08. The van der Waals surface area contributed by atoms with E-state index >= 15 is 0 Å². The van der Waals surface area contributed by atoms with Gasteiger partial charge in [-0.15, -0.1) is 0 Å². The number of hydrogen-bond donors (Lipinski definition) is 0. The predicted octanol–water partition coefficient (Wildman–Crippen LogP) is 6.32. The van der Waals surface area contributed by atoms with Crippen LogP contribution in [0, 0.1) is 0 Å². The van der Waals surface area contributed by atoms with E-state index in [2.05, 4.69) is 6.92 Å². The molecule has 1 nitrogen and oxygen atoms in total. The van der Waals surface area contributed by atoms with Crippen molar-refractivity contribution >= 4 is 29.0 Å². The molecule has 1 aromatic rings. The average molecular weight is 301 g/mol. The summed E-state index contributed by atoms with van der Waals surface area (Å²) < 4.78 is 0. The van der Waals surface area contributed by atoms with Crippen molar-refractivity contribution < 1.29 is 4.79 Å². The Bertz CT molecular complexity index is 381. The molecule has 0 amide bonds. The maximum absolute atomic E-state index is 12.0. The molecule has 1 rings (SSSR count). The number of rotatable bonds is 9. The smallest absolute Gasteiger partial charge is 0.162 e. The Hall–Kier alpha value is -0.530. The van der Waals surface area contributed by atoms with Crippen LogP contribution in [-0.4, -0.2) is 5.78 Å². The number of carbonyl (C=O) groups excluding carboxylic acids is 1. The van der Waals surface area contributed by atoms with Gasteiger partial charge < -0.3 is 0 Å².